The van der Waals surface area contributed by atoms with E-state index in [-0.39, 0.29) is 12.1 Å². The zero-order chi connectivity index (χ0) is 8.97. The Morgan fingerprint density at radius 3 is 3.08 bits per heavy atom. The molecule has 0 aromatic carbocycles. The molecule has 1 atom stereocenters. The van der Waals surface area contributed by atoms with Gasteiger partial charge in [-0.25, -0.2) is 9.59 Å². The Morgan fingerprint density at radius 2 is 2.58 bits per heavy atom. The fraction of sp³-hybridized carbons (Fsp3) is 0.667. The number of urea groups is 1. The molecule has 12 heavy (non-hydrogen) atoms. The van der Waals surface area contributed by atoms with Crippen molar-refractivity contribution < 1.29 is 14.3 Å². The van der Waals surface area contributed by atoms with Gasteiger partial charge in [0.05, 0.1) is 13.1 Å². The topological polar surface area (TPSA) is 79.5 Å². The van der Waals surface area contributed by atoms with Crippen LogP contribution in [-0.2, 0) is 4.74 Å². The van der Waals surface area contributed by atoms with Crippen LogP contribution < -0.4 is 16.0 Å². The number of carbonyl (C=O) groups is 2. The van der Waals surface area contributed by atoms with Gasteiger partial charge in [0.2, 0.25) is 0 Å². The Labute approximate surface area is 69.6 Å². The normalized spacial score (nSPS) is 21.1. The summed E-state index contributed by atoms with van der Waals surface area (Å²) in [5.41, 5.74) is 0. The molecular weight excluding hydrogens is 162 g/mol. The standard InChI is InChI=1S/C6H11N3O3/c1-7-5(10)8-2-4-3-9-6(11)12-4/h4H,2-3H2,1H3,(H,9,11)(H2,7,8,10). The second-order valence-electron chi connectivity index (χ2n) is 2.37. The summed E-state index contributed by atoms with van der Waals surface area (Å²) in [6.45, 7) is 0.779. The highest BCUT2D eigenvalue weighted by atomic mass is 16.6. The molecule has 0 saturated carbocycles. The summed E-state index contributed by atoms with van der Waals surface area (Å²) in [6.07, 6.45) is -0.687. The summed E-state index contributed by atoms with van der Waals surface area (Å²) >= 11 is 0. The third-order valence-electron chi connectivity index (χ3n) is 1.47. The second-order valence-corrected chi connectivity index (χ2v) is 2.37. The molecule has 0 aromatic heterocycles. The van der Waals surface area contributed by atoms with Gasteiger partial charge >= 0.3 is 12.1 Å². The van der Waals surface area contributed by atoms with E-state index in [1.165, 1.54) is 7.05 Å². The van der Waals surface area contributed by atoms with Crippen LogP contribution in [0.4, 0.5) is 9.59 Å². The molecule has 68 valence electrons. The van der Waals surface area contributed by atoms with E-state index in [2.05, 4.69) is 16.0 Å². The van der Waals surface area contributed by atoms with Crippen LogP contribution in [0.15, 0.2) is 0 Å². The largest absolute Gasteiger partial charge is 0.442 e. The average molecular weight is 173 g/mol. The second kappa shape index (κ2) is 3.80. The molecule has 1 aliphatic rings. The van der Waals surface area contributed by atoms with Crippen LogP contribution in [0.3, 0.4) is 0 Å². The van der Waals surface area contributed by atoms with E-state index in [1.54, 1.807) is 0 Å². The van der Waals surface area contributed by atoms with Gasteiger partial charge in [0, 0.05) is 7.05 Å². The van der Waals surface area contributed by atoms with Crippen LogP contribution >= 0.6 is 0 Å². The van der Waals surface area contributed by atoms with Crippen molar-refractivity contribution in [3.05, 3.63) is 0 Å². The first-order chi connectivity index (χ1) is 5.72. The Balaban J connectivity index is 2.16. The van der Waals surface area contributed by atoms with Crippen LogP contribution in [0.2, 0.25) is 0 Å². The molecule has 1 rings (SSSR count). The summed E-state index contributed by atoms with van der Waals surface area (Å²) in [4.78, 5) is 21.2. The molecule has 3 amide bonds. The minimum absolute atomic E-state index is 0.255. The first kappa shape index (κ1) is 8.63. The molecule has 6 nitrogen and oxygen atoms in total. The Morgan fingerprint density at radius 1 is 1.83 bits per heavy atom. The van der Waals surface area contributed by atoms with Gasteiger partial charge in [-0.05, 0) is 0 Å². The van der Waals surface area contributed by atoms with Crippen LogP contribution in [0.1, 0.15) is 0 Å². The highest BCUT2D eigenvalue weighted by Gasteiger charge is 2.22. The maximum absolute atomic E-state index is 10.7. The Hall–Kier alpha value is -1.46. The van der Waals surface area contributed by atoms with Crippen molar-refractivity contribution in [3.8, 4) is 0 Å². The number of nitrogens with one attached hydrogen (secondary N) is 3. The summed E-state index contributed by atoms with van der Waals surface area (Å²) < 4.78 is 4.76. The summed E-state index contributed by atoms with van der Waals surface area (Å²) in [5.74, 6) is 0. The number of rotatable bonds is 2. The van der Waals surface area contributed by atoms with Crippen molar-refractivity contribution in [1.29, 1.82) is 0 Å². The quantitative estimate of drug-likeness (QED) is 0.502. The molecular formula is C6H11N3O3. The lowest BCUT2D eigenvalue weighted by molar-refractivity contribution is 0.139. The summed E-state index contributed by atoms with van der Waals surface area (Å²) in [7, 11) is 1.52. The molecule has 1 saturated heterocycles. The van der Waals surface area contributed by atoms with Crippen molar-refractivity contribution in [3.63, 3.8) is 0 Å². The summed E-state index contributed by atoms with van der Waals surface area (Å²) in [6, 6.07) is -0.280. The zero-order valence-corrected chi connectivity index (χ0v) is 6.72. The van der Waals surface area contributed by atoms with Crippen LogP contribution in [-0.4, -0.2) is 38.4 Å². The molecule has 0 bridgehead atoms. The lowest BCUT2D eigenvalue weighted by Crippen LogP contribution is -2.39. The van der Waals surface area contributed by atoms with Gasteiger partial charge < -0.3 is 20.7 Å². The molecule has 1 heterocycles. The van der Waals surface area contributed by atoms with Crippen LogP contribution in [0.25, 0.3) is 0 Å². The highest BCUT2D eigenvalue weighted by Crippen LogP contribution is 1.97. The first-order valence-electron chi connectivity index (χ1n) is 3.62. The molecule has 0 aromatic rings. The highest BCUT2D eigenvalue weighted by molar-refractivity contribution is 5.73. The number of ether oxygens (including phenoxy) is 1. The summed E-state index contributed by atoms with van der Waals surface area (Å²) in [5, 5.41) is 7.40. The van der Waals surface area contributed by atoms with E-state index in [9.17, 15) is 9.59 Å². The predicted molar refractivity (Wildman–Crippen MR) is 40.7 cm³/mol. The van der Waals surface area contributed by atoms with Crippen molar-refractivity contribution in [2.75, 3.05) is 20.1 Å². The lowest BCUT2D eigenvalue weighted by Gasteiger charge is -2.08. The number of cyclic esters (lactones) is 1. The molecule has 1 fully saturated rings. The number of amides is 3. The number of carbonyl (C=O) groups excluding carboxylic acids is 2. The monoisotopic (exact) mass is 173 g/mol. The van der Waals surface area contributed by atoms with Crippen LogP contribution in [0, 0.1) is 0 Å². The number of alkyl carbamates (subject to hydrolysis) is 1. The van der Waals surface area contributed by atoms with Crippen molar-refractivity contribution in [1.82, 2.24) is 16.0 Å². The maximum Gasteiger partial charge on any atom is 0.407 e. The fourth-order valence-electron chi connectivity index (χ4n) is 0.841. The van der Waals surface area contributed by atoms with E-state index in [4.69, 9.17) is 4.74 Å². The minimum atomic E-state index is -0.432. The minimum Gasteiger partial charge on any atom is -0.442 e. The first-order valence-corrected chi connectivity index (χ1v) is 3.62. The SMILES string of the molecule is CNC(=O)NCC1CNC(=O)O1. The van der Waals surface area contributed by atoms with Crippen molar-refractivity contribution >= 4 is 12.1 Å². The Bertz CT molecular complexity index is 194. The smallest absolute Gasteiger partial charge is 0.407 e. The van der Waals surface area contributed by atoms with E-state index >= 15 is 0 Å². The van der Waals surface area contributed by atoms with Gasteiger partial charge in [0.1, 0.15) is 6.10 Å². The third-order valence-corrected chi connectivity index (χ3v) is 1.47. The molecule has 3 N–H and O–H groups in total. The van der Waals surface area contributed by atoms with E-state index in [0.717, 1.165) is 0 Å². The van der Waals surface area contributed by atoms with Gasteiger partial charge in [-0.3, -0.25) is 0 Å². The van der Waals surface area contributed by atoms with Gasteiger partial charge in [0.15, 0.2) is 0 Å². The van der Waals surface area contributed by atoms with Gasteiger partial charge in [-0.2, -0.15) is 0 Å². The number of hydrogen-bond acceptors (Lipinski definition) is 3. The molecule has 1 aliphatic heterocycles. The maximum atomic E-state index is 10.7. The van der Waals surface area contributed by atoms with Crippen LogP contribution in [0.5, 0.6) is 0 Å². The van der Waals surface area contributed by atoms with E-state index in [0.29, 0.717) is 13.1 Å². The third kappa shape index (κ3) is 2.30. The van der Waals surface area contributed by atoms with Gasteiger partial charge in [0.25, 0.3) is 0 Å². The molecule has 6 heteroatoms. The molecule has 1 unspecified atom stereocenters. The number of hydrogen-bond donors (Lipinski definition) is 3. The Kier molecular flexibility index (Phi) is 2.73. The predicted octanol–water partition coefficient (Wildman–Crippen LogP) is -0.976. The van der Waals surface area contributed by atoms with E-state index in [1.807, 2.05) is 0 Å². The van der Waals surface area contributed by atoms with Crippen molar-refractivity contribution in [2.24, 2.45) is 0 Å². The molecule has 0 aliphatic carbocycles. The van der Waals surface area contributed by atoms with Gasteiger partial charge in [-0.15, -0.1) is 0 Å². The van der Waals surface area contributed by atoms with E-state index < -0.39 is 6.09 Å². The molecule has 0 spiro atoms. The van der Waals surface area contributed by atoms with Gasteiger partial charge in [-0.1, -0.05) is 0 Å². The fourth-order valence-corrected chi connectivity index (χ4v) is 0.841. The lowest BCUT2D eigenvalue weighted by atomic mass is 10.4. The van der Waals surface area contributed by atoms with Crippen molar-refractivity contribution in [2.45, 2.75) is 6.10 Å². The average Bonchev–Trinajstić information content (AvgIpc) is 2.47. The zero-order valence-electron chi connectivity index (χ0n) is 6.72. The molecule has 0 radical (unpaired) electrons.